The monoisotopic (exact) mass is 315 g/mol. The predicted molar refractivity (Wildman–Crippen MR) is 99.5 cm³/mol. The minimum absolute atomic E-state index is 0.222. The van der Waals surface area contributed by atoms with Gasteiger partial charge in [0.2, 0.25) is 0 Å². The van der Waals surface area contributed by atoms with Gasteiger partial charge in [0.05, 0.1) is 0 Å². The van der Waals surface area contributed by atoms with Gasteiger partial charge in [0.25, 0.3) is 0 Å². The van der Waals surface area contributed by atoms with Crippen LogP contribution >= 0.6 is 0 Å². The number of nitrogens with zero attached hydrogens (tertiary/aromatic N) is 1. The Balaban J connectivity index is 1.80. The summed E-state index contributed by atoms with van der Waals surface area (Å²) in [6.07, 6.45) is 1.57. The van der Waals surface area contributed by atoms with E-state index < -0.39 is 0 Å². The van der Waals surface area contributed by atoms with Gasteiger partial charge >= 0.3 is 0 Å². The summed E-state index contributed by atoms with van der Waals surface area (Å²) < 4.78 is 0. The van der Waals surface area contributed by atoms with Gasteiger partial charge in [-0.1, -0.05) is 60.7 Å². The summed E-state index contributed by atoms with van der Waals surface area (Å²) in [5.74, 6) is 0.222. The molecule has 0 radical (unpaired) electrons. The van der Waals surface area contributed by atoms with Crippen LogP contribution < -0.4 is 4.90 Å². The van der Waals surface area contributed by atoms with Crippen LogP contribution in [0.5, 0.6) is 0 Å². The molecule has 1 aliphatic heterocycles. The topological polar surface area (TPSA) is 20.3 Å². The maximum Gasteiger partial charge on any atom is 0.134 e. The van der Waals surface area contributed by atoms with Crippen molar-refractivity contribution in [1.29, 1.82) is 0 Å². The number of hydrogen-bond donors (Lipinski definition) is 0. The van der Waals surface area contributed by atoms with Crippen molar-refractivity contribution in [1.82, 2.24) is 0 Å². The predicted octanol–water partition coefficient (Wildman–Crippen LogP) is 4.53. The molecule has 0 bridgehead atoms. The lowest BCUT2D eigenvalue weighted by atomic mass is 9.95. The van der Waals surface area contributed by atoms with Crippen LogP contribution in [0.4, 0.5) is 5.69 Å². The molecule has 0 unspecified atom stereocenters. The number of Topliss-reactive ketones (excluding diaryl/α,β-unsaturated/α-hetero) is 1. The van der Waals surface area contributed by atoms with Gasteiger partial charge in [-0.3, -0.25) is 4.79 Å². The van der Waals surface area contributed by atoms with Gasteiger partial charge in [0.15, 0.2) is 0 Å². The van der Waals surface area contributed by atoms with E-state index in [0.29, 0.717) is 6.42 Å². The van der Waals surface area contributed by atoms with E-state index in [1.165, 1.54) is 33.2 Å². The molecule has 0 aromatic heterocycles. The zero-order chi connectivity index (χ0) is 16.5. The number of anilines is 1. The van der Waals surface area contributed by atoms with Crippen LogP contribution in [0.15, 0.2) is 60.7 Å². The average Bonchev–Trinajstić information content (AvgIpc) is 2.98. The zero-order valence-corrected chi connectivity index (χ0v) is 14.0. The van der Waals surface area contributed by atoms with Crippen molar-refractivity contribution >= 4 is 22.2 Å². The van der Waals surface area contributed by atoms with E-state index in [-0.39, 0.29) is 5.78 Å². The van der Waals surface area contributed by atoms with Crippen molar-refractivity contribution in [2.24, 2.45) is 0 Å². The summed E-state index contributed by atoms with van der Waals surface area (Å²) in [6.45, 7) is 3.64. The Bertz CT molecular complexity index is 898. The molecule has 0 amide bonds. The SMILES string of the molecule is CC(=O)Cc1cc2c(c3ccccc13)N(Cc1ccccc1)CC2. The van der Waals surface area contributed by atoms with Gasteiger partial charge in [-0.2, -0.15) is 0 Å². The molecule has 0 spiro atoms. The molecule has 0 N–H and O–H groups in total. The van der Waals surface area contributed by atoms with Crippen LogP contribution in [-0.2, 0) is 24.2 Å². The summed E-state index contributed by atoms with van der Waals surface area (Å²) in [7, 11) is 0. The first-order chi connectivity index (χ1) is 11.7. The minimum Gasteiger partial charge on any atom is -0.366 e. The molecule has 2 heteroatoms. The second-order valence-corrected chi connectivity index (χ2v) is 6.62. The highest BCUT2D eigenvalue weighted by Gasteiger charge is 2.23. The number of carbonyl (C=O) groups is 1. The molecule has 120 valence electrons. The largest absolute Gasteiger partial charge is 0.366 e. The lowest BCUT2D eigenvalue weighted by Crippen LogP contribution is -2.19. The molecule has 0 saturated heterocycles. The quantitative estimate of drug-likeness (QED) is 0.705. The second kappa shape index (κ2) is 6.12. The molecule has 4 rings (SSSR count). The molecule has 24 heavy (non-hydrogen) atoms. The first-order valence-electron chi connectivity index (χ1n) is 8.54. The Morgan fingerprint density at radius 1 is 1.00 bits per heavy atom. The first-order valence-corrected chi connectivity index (χ1v) is 8.54. The summed E-state index contributed by atoms with van der Waals surface area (Å²) in [5, 5.41) is 2.49. The number of fused-ring (bicyclic) bond motifs is 3. The summed E-state index contributed by atoms with van der Waals surface area (Å²) in [5.41, 5.74) is 5.23. The number of hydrogen-bond acceptors (Lipinski definition) is 2. The molecule has 3 aromatic carbocycles. The highest BCUT2D eigenvalue weighted by atomic mass is 16.1. The molecule has 0 atom stereocenters. The lowest BCUT2D eigenvalue weighted by Gasteiger charge is -2.22. The number of rotatable bonds is 4. The van der Waals surface area contributed by atoms with Crippen molar-refractivity contribution in [3.63, 3.8) is 0 Å². The minimum atomic E-state index is 0.222. The Hall–Kier alpha value is -2.61. The summed E-state index contributed by atoms with van der Waals surface area (Å²) in [6, 6.07) is 21.4. The van der Waals surface area contributed by atoms with Crippen LogP contribution in [0.2, 0.25) is 0 Å². The standard InChI is InChI=1S/C22H21NO/c1-16(24)13-19-14-18-11-12-23(15-17-7-3-2-4-8-17)22(18)21-10-6-5-9-20(19)21/h2-10,14H,11-13,15H2,1H3. The van der Waals surface area contributed by atoms with Crippen molar-refractivity contribution in [2.45, 2.75) is 26.3 Å². The highest BCUT2D eigenvalue weighted by Crippen LogP contribution is 2.38. The van der Waals surface area contributed by atoms with Crippen LogP contribution in [0.3, 0.4) is 0 Å². The summed E-state index contributed by atoms with van der Waals surface area (Å²) in [4.78, 5) is 14.1. The third-order valence-corrected chi connectivity index (χ3v) is 4.80. The van der Waals surface area contributed by atoms with E-state index in [1.807, 2.05) is 0 Å². The van der Waals surface area contributed by atoms with Crippen molar-refractivity contribution in [2.75, 3.05) is 11.4 Å². The zero-order valence-electron chi connectivity index (χ0n) is 14.0. The van der Waals surface area contributed by atoms with Gasteiger partial charge in [-0.25, -0.2) is 0 Å². The number of ketones is 1. The Morgan fingerprint density at radius 3 is 2.46 bits per heavy atom. The van der Waals surface area contributed by atoms with Crippen molar-refractivity contribution in [3.05, 3.63) is 77.4 Å². The van der Waals surface area contributed by atoms with E-state index in [2.05, 4.69) is 65.6 Å². The van der Waals surface area contributed by atoms with Gasteiger partial charge in [0, 0.05) is 30.6 Å². The molecule has 1 heterocycles. The van der Waals surface area contributed by atoms with Gasteiger partial charge < -0.3 is 4.90 Å². The first kappa shape index (κ1) is 14.9. The van der Waals surface area contributed by atoms with E-state index >= 15 is 0 Å². The number of carbonyl (C=O) groups excluding carboxylic acids is 1. The van der Waals surface area contributed by atoms with Crippen molar-refractivity contribution in [3.8, 4) is 0 Å². The molecule has 3 aromatic rings. The van der Waals surface area contributed by atoms with Gasteiger partial charge in [0.1, 0.15) is 5.78 Å². The second-order valence-electron chi connectivity index (χ2n) is 6.62. The van der Waals surface area contributed by atoms with E-state index in [1.54, 1.807) is 6.92 Å². The molecule has 1 aliphatic rings. The van der Waals surface area contributed by atoms with Crippen LogP contribution in [-0.4, -0.2) is 12.3 Å². The molecule has 0 fully saturated rings. The molecule has 0 saturated carbocycles. The fourth-order valence-corrected chi connectivity index (χ4v) is 3.81. The van der Waals surface area contributed by atoms with Crippen molar-refractivity contribution < 1.29 is 4.79 Å². The van der Waals surface area contributed by atoms with Crippen LogP contribution in [0.1, 0.15) is 23.6 Å². The third-order valence-electron chi connectivity index (χ3n) is 4.80. The van der Waals surface area contributed by atoms with Crippen LogP contribution in [0, 0.1) is 0 Å². The highest BCUT2D eigenvalue weighted by molar-refractivity contribution is 6.00. The normalized spacial score (nSPS) is 13.3. The number of benzene rings is 3. The Morgan fingerprint density at radius 2 is 1.71 bits per heavy atom. The fourth-order valence-electron chi connectivity index (χ4n) is 3.81. The Kier molecular flexibility index (Phi) is 3.81. The third kappa shape index (κ3) is 2.69. The van der Waals surface area contributed by atoms with Crippen LogP contribution in [0.25, 0.3) is 10.8 Å². The van der Waals surface area contributed by atoms with Gasteiger partial charge in [-0.05, 0) is 35.4 Å². The maximum atomic E-state index is 11.7. The molecular weight excluding hydrogens is 294 g/mol. The molecular formula is C22H21NO. The molecule has 0 aliphatic carbocycles. The van der Waals surface area contributed by atoms with E-state index in [9.17, 15) is 4.79 Å². The lowest BCUT2D eigenvalue weighted by molar-refractivity contribution is -0.116. The van der Waals surface area contributed by atoms with E-state index in [4.69, 9.17) is 0 Å². The average molecular weight is 315 g/mol. The van der Waals surface area contributed by atoms with E-state index in [0.717, 1.165) is 19.5 Å². The maximum absolute atomic E-state index is 11.7. The molecule has 2 nitrogen and oxygen atoms in total. The smallest absolute Gasteiger partial charge is 0.134 e. The summed E-state index contributed by atoms with van der Waals surface area (Å²) >= 11 is 0. The fraction of sp³-hybridized carbons (Fsp3) is 0.227. The Labute approximate surface area is 142 Å². The van der Waals surface area contributed by atoms with Gasteiger partial charge in [-0.15, -0.1) is 0 Å².